The minimum Gasteiger partial charge on any atom is -0.490 e. The maximum absolute atomic E-state index is 12.3. The van der Waals surface area contributed by atoms with Crippen molar-refractivity contribution in [1.82, 2.24) is 0 Å². The van der Waals surface area contributed by atoms with Crippen molar-refractivity contribution in [3.8, 4) is 5.75 Å². The summed E-state index contributed by atoms with van der Waals surface area (Å²) in [5.41, 5.74) is 2.61. The van der Waals surface area contributed by atoms with Gasteiger partial charge in [-0.2, -0.15) is 0 Å². The highest BCUT2D eigenvalue weighted by Crippen LogP contribution is 2.33. The lowest BCUT2D eigenvalue weighted by Crippen LogP contribution is -2.26. The number of carbonyl (C=O) groups is 1. The third kappa shape index (κ3) is 4.44. The highest BCUT2D eigenvalue weighted by atomic mass is 16.5. The molecule has 0 saturated heterocycles. The summed E-state index contributed by atoms with van der Waals surface area (Å²) in [5.74, 6) is -0.696. The molecule has 1 heterocycles. The summed E-state index contributed by atoms with van der Waals surface area (Å²) in [6.45, 7) is -0.214. The van der Waals surface area contributed by atoms with Crippen LogP contribution in [0.1, 0.15) is 41.2 Å². The summed E-state index contributed by atoms with van der Waals surface area (Å²) >= 11 is 0. The fourth-order valence-electron chi connectivity index (χ4n) is 4.15. The maximum atomic E-state index is 12.3. The molecule has 0 saturated carbocycles. The molecule has 1 aliphatic rings. The zero-order valence-electron chi connectivity index (χ0n) is 17.4. The smallest absolute Gasteiger partial charge is 0.339 e. The quantitative estimate of drug-likeness (QED) is 0.384. The molecular weight excluding hydrogens is 412 g/mol. The van der Waals surface area contributed by atoms with Crippen LogP contribution < -0.4 is 10.4 Å². The van der Waals surface area contributed by atoms with E-state index in [1.54, 1.807) is 42.5 Å². The van der Waals surface area contributed by atoms with Gasteiger partial charge >= 0.3 is 11.6 Å². The predicted molar refractivity (Wildman–Crippen MR) is 119 cm³/mol. The van der Waals surface area contributed by atoms with Crippen LogP contribution in [0.2, 0.25) is 0 Å². The van der Waals surface area contributed by atoms with Crippen LogP contribution in [0.3, 0.4) is 0 Å². The van der Waals surface area contributed by atoms with Crippen molar-refractivity contribution < 1.29 is 29.3 Å². The maximum Gasteiger partial charge on any atom is 0.339 e. The number of carboxylic acids is 1. The minimum atomic E-state index is -1.26. The fraction of sp³-hybridized carbons (Fsp3) is 0.280. The largest absolute Gasteiger partial charge is 0.490 e. The van der Waals surface area contributed by atoms with Gasteiger partial charge in [0.2, 0.25) is 0 Å². The van der Waals surface area contributed by atoms with Crippen molar-refractivity contribution in [1.29, 1.82) is 0 Å². The lowest BCUT2D eigenvalue weighted by Gasteiger charge is -2.23. The number of rotatable bonds is 7. The Kier molecular flexibility index (Phi) is 6.39. The Hall–Kier alpha value is -3.42. The molecule has 0 amide bonds. The fourth-order valence-corrected chi connectivity index (χ4v) is 4.15. The van der Waals surface area contributed by atoms with Gasteiger partial charge in [0.1, 0.15) is 30.1 Å². The van der Waals surface area contributed by atoms with Crippen LogP contribution in [0.4, 0.5) is 0 Å². The number of carboxylic acid groups (broad SMARTS) is 1. The van der Waals surface area contributed by atoms with E-state index in [1.807, 2.05) is 0 Å². The van der Waals surface area contributed by atoms with Crippen LogP contribution in [-0.2, 0) is 17.6 Å². The number of aliphatic hydroxyl groups excluding tert-OH is 2. The average Bonchev–Trinajstić information content (AvgIpc) is 2.81. The molecule has 32 heavy (non-hydrogen) atoms. The summed E-state index contributed by atoms with van der Waals surface area (Å²) in [6.07, 6.45) is 3.10. The Balaban J connectivity index is 1.60. The third-order valence-electron chi connectivity index (χ3n) is 5.69. The van der Waals surface area contributed by atoms with Gasteiger partial charge in [0, 0.05) is 22.6 Å². The lowest BCUT2D eigenvalue weighted by atomic mass is 9.87. The zero-order chi connectivity index (χ0) is 22.7. The topological polar surface area (TPSA) is 117 Å². The Morgan fingerprint density at radius 2 is 1.81 bits per heavy atom. The highest BCUT2D eigenvalue weighted by molar-refractivity contribution is 5.86. The number of para-hydroxylation sites is 1. The number of hydrogen-bond donors (Lipinski definition) is 3. The second-order valence-electron chi connectivity index (χ2n) is 7.81. The molecular formula is C25H24O7. The molecule has 7 heteroatoms. The molecule has 166 valence electrons. The van der Waals surface area contributed by atoms with E-state index in [0.29, 0.717) is 39.8 Å². The van der Waals surface area contributed by atoms with Gasteiger partial charge in [-0.3, -0.25) is 0 Å². The second-order valence-corrected chi connectivity index (χ2v) is 7.81. The first kappa shape index (κ1) is 21.8. The standard InChI is InChI=1S/C25H24O7/c26-19(14-31-20-10-4-1-6-15(20)12-13-22(27)28)24(29)18-9-5-11-21-23(18)16-7-2-3-8-17(16)25(30)32-21/h1,4-6,9-13,19,24,26,29H,2-3,7-8,14H2,(H,27,28)/b13-12-. The molecule has 4 rings (SSSR count). The van der Waals surface area contributed by atoms with Gasteiger partial charge in [0.15, 0.2) is 0 Å². The molecule has 0 bridgehead atoms. The van der Waals surface area contributed by atoms with Crippen LogP contribution in [0, 0.1) is 0 Å². The van der Waals surface area contributed by atoms with E-state index in [-0.39, 0.29) is 12.2 Å². The third-order valence-corrected chi connectivity index (χ3v) is 5.69. The molecule has 2 unspecified atom stereocenters. The van der Waals surface area contributed by atoms with Crippen LogP contribution in [0.25, 0.3) is 17.0 Å². The summed E-state index contributed by atoms with van der Waals surface area (Å²) in [5, 5.41) is 31.1. The van der Waals surface area contributed by atoms with Gasteiger partial charge in [-0.15, -0.1) is 0 Å². The van der Waals surface area contributed by atoms with Crippen LogP contribution in [0.5, 0.6) is 5.75 Å². The molecule has 3 N–H and O–H groups in total. The summed E-state index contributed by atoms with van der Waals surface area (Å²) in [6, 6.07) is 11.9. The van der Waals surface area contributed by atoms with E-state index in [1.165, 1.54) is 6.08 Å². The number of hydrogen-bond acceptors (Lipinski definition) is 6. The van der Waals surface area contributed by atoms with E-state index in [9.17, 15) is 19.8 Å². The van der Waals surface area contributed by atoms with Crippen molar-refractivity contribution in [2.24, 2.45) is 0 Å². The number of aliphatic carboxylic acids is 1. The molecule has 7 nitrogen and oxygen atoms in total. The monoisotopic (exact) mass is 436 g/mol. The van der Waals surface area contributed by atoms with Crippen LogP contribution >= 0.6 is 0 Å². The normalized spacial score (nSPS) is 15.4. The number of ether oxygens (including phenoxy) is 1. The first-order chi connectivity index (χ1) is 15.5. The van der Waals surface area contributed by atoms with Crippen molar-refractivity contribution >= 4 is 23.0 Å². The first-order valence-electron chi connectivity index (χ1n) is 10.5. The predicted octanol–water partition coefficient (Wildman–Crippen LogP) is 3.24. The summed E-state index contributed by atoms with van der Waals surface area (Å²) in [7, 11) is 0. The lowest BCUT2D eigenvalue weighted by molar-refractivity contribution is -0.131. The van der Waals surface area contributed by atoms with E-state index in [2.05, 4.69) is 0 Å². The Morgan fingerprint density at radius 1 is 1.06 bits per heavy atom. The van der Waals surface area contributed by atoms with Crippen LogP contribution in [-0.4, -0.2) is 34.0 Å². The number of aliphatic hydroxyl groups is 2. The molecule has 0 aliphatic heterocycles. The van der Waals surface area contributed by atoms with E-state index < -0.39 is 18.2 Å². The van der Waals surface area contributed by atoms with Gasteiger partial charge in [0.05, 0.1) is 0 Å². The van der Waals surface area contributed by atoms with E-state index >= 15 is 0 Å². The molecule has 1 aromatic heterocycles. The van der Waals surface area contributed by atoms with Gasteiger partial charge in [0.25, 0.3) is 0 Å². The van der Waals surface area contributed by atoms with E-state index in [0.717, 1.165) is 30.9 Å². The molecule has 0 fully saturated rings. The van der Waals surface area contributed by atoms with Crippen LogP contribution in [0.15, 0.2) is 57.8 Å². The van der Waals surface area contributed by atoms with Crippen molar-refractivity contribution in [3.63, 3.8) is 0 Å². The molecule has 1 aliphatic carbocycles. The minimum absolute atomic E-state index is 0.214. The molecule has 2 aromatic carbocycles. The van der Waals surface area contributed by atoms with Crippen molar-refractivity contribution in [3.05, 3.63) is 81.2 Å². The SMILES string of the molecule is O=C(O)/C=C\c1ccccc1OCC(O)C(O)c1cccc2oc(=O)c3c(c12)CCCC3. The number of fused-ring (bicyclic) bond motifs is 3. The van der Waals surface area contributed by atoms with Gasteiger partial charge in [-0.25, -0.2) is 9.59 Å². The highest BCUT2D eigenvalue weighted by Gasteiger charge is 2.26. The number of aryl methyl sites for hydroxylation is 1. The molecule has 3 aromatic rings. The Labute approximate surface area is 184 Å². The molecule has 2 atom stereocenters. The number of benzene rings is 2. The Morgan fingerprint density at radius 3 is 2.59 bits per heavy atom. The molecule has 0 spiro atoms. The second kappa shape index (κ2) is 9.38. The first-order valence-corrected chi connectivity index (χ1v) is 10.5. The van der Waals surface area contributed by atoms with E-state index in [4.69, 9.17) is 14.3 Å². The Bertz CT molecular complexity index is 1220. The van der Waals surface area contributed by atoms with Crippen molar-refractivity contribution in [2.75, 3.05) is 6.61 Å². The van der Waals surface area contributed by atoms with Gasteiger partial charge in [-0.1, -0.05) is 30.3 Å². The summed E-state index contributed by atoms with van der Waals surface area (Å²) < 4.78 is 11.2. The van der Waals surface area contributed by atoms with Gasteiger partial charge < -0.3 is 24.5 Å². The van der Waals surface area contributed by atoms with Crippen molar-refractivity contribution in [2.45, 2.75) is 37.9 Å². The molecule has 0 radical (unpaired) electrons. The average molecular weight is 436 g/mol. The zero-order valence-corrected chi connectivity index (χ0v) is 17.4. The van der Waals surface area contributed by atoms with Gasteiger partial charge in [-0.05, 0) is 55.0 Å². The summed E-state index contributed by atoms with van der Waals surface area (Å²) in [4.78, 5) is 23.1.